The van der Waals surface area contributed by atoms with Crippen molar-refractivity contribution in [3.05, 3.63) is 29.8 Å². The Balaban J connectivity index is 2.20. The Morgan fingerprint density at radius 2 is 2.18 bits per heavy atom. The summed E-state index contributed by atoms with van der Waals surface area (Å²) >= 11 is 0. The number of rotatable bonds is 6. The number of nitrogens with zero attached hydrogens (tertiary/aromatic N) is 1. The van der Waals surface area contributed by atoms with Crippen LogP contribution >= 0.6 is 0 Å². The summed E-state index contributed by atoms with van der Waals surface area (Å²) in [6.45, 7) is 1.93. The van der Waals surface area contributed by atoms with Crippen molar-refractivity contribution in [3.8, 4) is 12.3 Å². The van der Waals surface area contributed by atoms with Gasteiger partial charge in [-0.1, -0.05) is 12.0 Å². The van der Waals surface area contributed by atoms with Crippen molar-refractivity contribution in [2.75, 3.05) is 13.6 Å². The number of carbonyl (C=O) groups excluding carboxylic acids is 1. The molecule has 22 heavy (non-hydrogen) atoms. The molecule has 0 heterocycles. The fraction of sp³-hybridized carbons (Fsp3) is 0.438. The molecule has 118 valence electrons. The smallest absolute Gasteiger partial charge is 0.253 e. The molecule has 1 saturated carbocycles. The minimum Gasteiger partial charge on any atom is -0.339 e. The van der Waals surface area contributed by atoms with Crippen molar-refractivity contribution in [1.82, 2.24) is 9.62 Å². The van der Waals surface area contributed by atoms with Gasteiger partial charge in [-0.2, -0.15) is 4.72 Å². The van der Waals surface area contributed by atoms with Crippen LogP contribution in [-0.4, -0.2) is 38.9 Å². The molecule has 6 heteroatoms. The Morgan fingerprint density at radius 3 is 2.77 bits per heavy atom. The van der Waals surface area contributed by atoms with Gasteiger partial charge in [0.1, 0.15) is 0 Å². The molecule has 0 saturated heterocycles. The average Bonchev–Trinajstić information content (AvgIpc) is 3.35. The normalized spacial score (nSPS) is 15.9. The van der Waals surface area contributed by atoms with Crippen molar-refractivity contribution in [2.45, 2.75) is 30.7 Å². The van der Waals surface area contributed by atoms with Crippen LogP contribution in [0.25, 0.3) is 0 Å². The molecule has 1 fully saturated rings. The first kappa shape index (κ1) is 16.5. The zero-order valence-corrected chi connectivity index (χ0v) is 13.6. The highest BCUT2D eigenvalue weighted by atomic mass is 32.2. The summed E-state index contributed by atoms with van der Waals surface area (Å²) in [5, 5.41) is 0. The zero-order chi connectivity index (χ0) is 16.3. The van der Waals surface area contributed by atoms with E-state index in [1.165, 1.54) is 12.1 Å². The van der Waals surface area contributed by atoms with Gasteiger partial charge in [-0.25, -0.2) is 8.42 Å². The summed E-state index contributed by atoms with van der Waals surface area (Å²) in [6, 6.07) is 6.18. The number of benzene rings is 1. The molecule has 5 nitrogen and oxygen atoms in total. The number of hydrogen-bond donors (Lipinski definition) is 1. The largest absolute Gasteiger partial charge is 0.339 e. The second-order valence-corrected chi connectivity index (χ2v) is 7.32. The van der Waals surface area contributed by atoms with E-state index in [9.17, 15) is 13.2 Å². The topological polar surface area (TPSA) is 66.5 Å². The summed E-state index contributed by atoms with van der Waals surface area (Å²) in [5.74, 6) is 2.60. The Labute approximate surface area is 131 Å². The molecule has 1 aromatic rings. The molecule has 0 bridgehead atoms. The maximum atomic E-state index is 12.5. The van der Waals surface area contributed by atoms with Crippen LogP contribution in [-0.2, 0) is 10.0 Å². The van der Waals surface area contributed by atoms with E-state index in [0.29, 0.717) is 11.5 Å². The van der Waals surface area contributed by atoms with E-state index in [0.717, 1.165) is 12.8 Å². The standard InChI is InChI=1S/C16H20N2O3S/c1-4-10-17-22(20,21)15-7-5-6-14(11-15)16(19)18(3)12(2)13-8-9-13/h1,5-7,11-13,17H,8-10H2,2-3H3. The maximum Gasteiger partial charge on any atom is 0.253 e. The maximum absolute atomic E-state index is 12.5. The van der Waals surface area contributed by atoms with Crippen LogP contribution in [0.1, 0.15) is 30.1 Å². The second kappa shape index (κ2) is 6.51. The monoisotopic (exact) mass is 320 g/mol. The Bertz CT molecular complexity index is 702. The van der Waals surface area contributed by atoms with Crippen LogP contribution in [0.4, 0.5) is 0 Å². The summed E-state index contributed by atoms with van der Waals surface area (Å²) in [6.07, 6.45) is 7.35. The highest BCUT2D eigenvalue weighted by molar-refractivity contribution is 7.89. The van der Waals surface area contributed by atoms with E-state index in [4.69, 9.17) is 6.42 Å². The first-order valence-corrected chi connectivity index (χ1v) is 8.65. The van der Waals surface area contributed by atoms with Gasteiger partial charge in [0.25, 0.3) is 5.91 Å². The van der Waals surface area contributed by atoms with Crippen molar-refractivity contribution in [2.24, 2.45) is 5.92 Å². The Morgan fingerprint density at radius 1 is 1.50 bits per heavy atom. The van der Waals surface area contributed by atoms with Crippen LogP contribution in [0.15, 0.2) is 29.2 Å². The van der Waals surface area contributed by atoms with E-state index in [1.807, 2.05) is 6.92 Å². The second-order valence-electron chi connectivity index (χ2n) is 5.55. The summed E-state index contributed by atoms with van der Waals surface area (Å²) in [4.78, 5) is 14.2. The molecule has 1 aliphatic carbocycles. The number of nitrogens with one attached hydrogen (secondary N) is 1. The molecule has 1 aromatic carbocycles. The van der Waals surface area contributed by atoms with Crippen LogP contribution in [0.3, 0.4) is 0 Å². The molecule has 0 aromatic heterocycles. The number of hydrogen-bond acceptors (Lipinski definition) is 3. The summed E-state index contributed by atoms with van der Waals surface area (Å²) in [5.41, 5.74) is 0.360. The van der Waals surface area contributed by atoms with Crippen molar-refractivity contribution in [1.29, 1.82) is 0 Å². The number of carbonyl (C=O) groups is 1. The minimum absolute atomic E-state index is 0.0427. The predicted octanol–water partition coefficient (Wildman–Crippen LogP) is 1.47. The van der Waals surface area contributed by atoms with Gasteiger partial charge in [-0.3, -0.25) is 4.79 Å². The lowest BCUT2D eigenvalue weighted by atomic mass is 10.1. The van der Waals surface area contributed by atoms with E-state index in [-0.39, 0.29) is 23.4 Å². The van der Waals surface area contributed by atoms with Gasteiger partial charge >= 0.3 is 0 Å². The minimum atomic E-state index is -3.69. The quantitative estimate of drug-likeness (QED) is 0.807. The van der Waals surface area contributed by atoms with Crippen LogP contribution in [0.5, 0.6) is 0 Å². The molecule has 1 aliphatic rings. The fourth-order valence-corrected chi connectivity index (χ4v) is 3.28. The predicted molar refractivity (Wildman–Crippen MR) is 84.7 cm³/mol. The van der Waals surface area contributed by atoms with Gasteiger partial charge < -0.3 is 4.90 Å². The summed E-state index contributed by atoms with van der Waals surface area (Å²) in [7, 11) is -1.94. The molecule has 1 amide bonds. The van der Waals surface area contributed by atoms with Crippen molar-refractivity contribution < 1.29 is 13.2 Å². The number of terminal acetylenes is 1. The van der Waals surface area contributed by atoms with Gasteiger partial charge in [-0.15, -0.1) is 6.42 Å². The van der Waals surface area contributed by atoms with E-state index >= 15 is 0 Å². The van der Waals surface area contributed by atoms with Crippen molar-refractivity contribution >= 4 is 15.9 Å². The molecule has 0 spiro atoms. The van der Waals surface area contributed by atoms with Gasteiger partial charge in [0, 0.05) is 18.7 Å². The number of sulfonamides is 1. The SMILES string of the molecule is C#CCNS(=O)(=O)c1cccc(C(=O)N(C)C(C)C2CC2)c1. The highest BCUT2D eigenvalue weighted by Gasteiger charge is 2.32. The molecule has 1 atom stereocenters. The molecule has 0 aliphatic heterocycles. The van der Waals surface area contributed by atoms with Crippen LogP contribution in [0.2, 0.25) is 0 Å². The van der Waals surface area contributed by atoms with Crippen LogP contribution < -0.4 is 4.72 Å². The summed E-state index contributed by atoms with van der Waals surface area (Å²) < 4.78 is 26.4. The third kappa shape index (κ3) is 3.67. The van der Waals surface area contributed by atoms with E-state index in [2.05, 4.69) is 10.6 Å². The molecule has 0 radical (unpaired) electrons. The van der Waals surface area contributed by atoms with E-state index in [1.54, 1.807) is 24.1 Å². The zero-order valence-electron chi connectivity index (χ0n) is 12.7. The van der Waals surface area contributed by atoms with E-state index < -0.39 is 10.0 Å². The van der Waals surface area contributed by atoms with Gasteiger partial charge in [0.2, 0.25) is 10.0 Å². The van der Waals surface area contributed by atoms with Gasteiger partial charge in [0.05, 0.1) is 11.4 Å². The third-order valence-corrected chi connectivity index (χ3v) is 5.39. The lowest BCUT2D eigenvalue weighted by Gasteiger charge is -2.25. The lowest BCUT2D eigenvalue weighted by molar-refractivity contribution is 0.0727. The fourth-order valence-electron chi connectivity index (χ4n) is 2.30. The van der Waals surface area contributed by atoms with Crippen molar-refractivity contribution in [3.63, 3.8) is 0 Å². The third-order valence-electron chi connectivity index (χ3n) is 3.99. The van der Waals surface area contributed by atoms with Crippen LogP contribution in [0, 0.1) is 18.3 Å². The molecule has 1 unspecified atom stereocenters. The Kier molecular flexibility index (Phi) is 4.89. The molecular weight excluding hydrogens is 300 g/mol. The number of amides is 1. The average molecular weight is 320 g/mol. The van der Waals surface area contributed by atoms with Gasteiger partial charge in [-0.05, 0) is 43.9 Å². The molecular formula is C16H20N2O3S. The first-order valence-electron chi connectivity index (χ1n) is 7.17. The molecule has 1 N–H and O–H groups in total. The molecule has 2 rings (SSSR count). The van der Waals surface area contributed by atoms with Gasteiger partial charge in [0.15, 0.2) is 0 Å². The highest BCUT2D eigenvalue weighted by Crippen LogP contribution is 2.35. The lowest BCUT2D eigenvalue weighted by Crippen LogP contribution is -2.36. The first-order chi connectivity index (χ1) is 10.4. The Hall–Kier alpha value is -1.84.